The van der Waals surface area contributed by atoms with E-state index in [1.54, 1.807) is 18.2 Å². The molecule has 0 bridgehead atoms. The molecule has 0 atom stereocenters. The molecule has 0 fully saturated rings. The van der Waals surface area contributed by atoms with Crippen LogP contribution < -0.4 is 0 Å². The molecule has 0 aliphatic carbocycles. The predicted molar refractivity (Wildman–Crippen MR) is 59.4 cm³/mol. The monoisotopic (exact) mass is 224 g/mol. The molecule has 0 saturated carbocycles. The maximum absolute atomic E-state index is 10.5. The predicted octanol–water partition coefficient (Wildman–Crippen LogP) is 1.94. The third-order valence-corrected chi connectivity index (χ3v) is 2.07. The summed E-state index contributed by atoms with van der Waals surface area (Å²) in [4.78, 5) is 10.5. The second kappa shape index (κ2) is 5.51. The number of carboxylic acids is 1. The van der Waals surface area contributed by atoms with E-state index in [4.69, 9.17) is 9.84 Å². The summed E-state index contributed by atoms with van der Waals surface area (Å²) in [6, 6.07) is 4.92. The minimum absolute atomic E-state index is 0.00672. The summed E-state index contributed by atoms with van der Waals surface area (Å²) in [5.41, 5.74) is 1.25. The van der Waals surface area contributed by atoms with Crippen molar-refractivity contribution >= 4 is 5.97 Å². The van der Waals surface area contributed by atoms with Gasteiger partial charge in [-0.2, -0.15) is 0 Å². The second-order valence-corrected chi connectivity index (χ2v) is 3.89. The summed E-state index contributed by atoms with van der Waals surface area (Å²) >= 11 is 0. The highest BCUT2D eigenvalue weighted by Gasteiger charge is 2.07. The van der Waals surface area contributed by atoms with Crippen molar-refractivity contribution in [2.75, 3.05) is 0 Å². The van der Waals surface area contributed by atoms with Crippen LogP contribution in [0.4, 0.5) is 0 Å². The molecule has 1 aromatic rings. The number of aromatic hydroxyl groups is 1. The Morgan fingerprint density at radius 2 is 2.12 bits per heavy atom. The van der Waals surface area contributed by atoms with Gasteiger partial charge in [0.15, 0.2) is 0 Å². The van der Waals surface area contributed by atoms with Crippen LogP contribution in [0.15, 0.2) is 18.2 Å². The Kier molecular flexibility index (Phi) is 4.31. The molecule has 0 amide bonds. The first-order chi connectivity index (χ1) is 7.49. The van der Waals surface area contributed by atoms with Crippen LogP contribution in [0.3, 0.4) is 0 Å². The number of carboxylic acid groups (broad SMARTS) is 1. The van der Waals surface area contributed by atoms with Gasteiger partial charge in [0.05, 0.1) is 19.1 Å². The number of ether oxygens (including phenoxy) is 1. The molecule has 88 valence electrons. The Hall–Kier alpha value is -1.55. The molecular formula is C12H16O4. The lowest BCUT2D eigenvalue weighted by Crippen LogP contribution is -2.03. The quantitative estimate of drug-likeness (QED) is 0.802. The minimum atomic E-state index is -0.957. The molecule has 1 rings (SSSR count). The van der Waals surface area contributed by atoms with Crippen molar-refractivity contribution in [2.24, 2.45) is 0 Å². The van der Waals surface area contributed by atoms with Crippen LogP contribution in [-0.2, 0) is 22.6 Å². The fourth-order valence-corrected chi connectivity index (χ4v) is 1.27. The highest BCUT2D eigenvalue weighted by Crippen LogP contribution is 2.20. The van der Waals surface area contributed by atoms with Crippen LogP contribution in [0.2, 0.25) is 0 Å². The van der Waals surface area contributed by atoms with E-state index in [1.807, 2.05) is 13.8 Å². The largest absolute Gasteiger partial charge is 0.508 e. The molecule has 0 aliphatic rings. The Morgan fingerprint density at radius 3 is 2.62 bits per heavy atom. The highest BCUT2D eigenvalue weighted by atomic mass is 16.5. The van der Waals surface area contributed by atoms with Gasteiger partial charge in [-0.25, -0.2) is 0 Å². The number of benzene rings is 1. The average molecular weight is 224 g/mol. The average Bonchev–Trinajstić information content (AvgIpc) is 2.18. The lowest BCUT2D eigenvalue weighted by Gasteiger charge is -2.09. The summed E-state index contributed by atoms with van der Waals surface area (Å²) in [5, 5.41) is 18.2. The topological polar surface area (TPSA) is 66.8 Å². The van der Waals surface area contributed by atoms with Crippen molar-refractivity contribution in [3.63, 3.8) is 0 Å². The molecule has 0 spiro atoms. The van der Waals surface area contributed by atoms with Crippen LogP contribution >= 0.6 is 0 Å². The van der Waals surface area contributed by atoms with Gasteiger partial charge in [0.1, 0.15) is 5.75 Å². The number of hydrogen-bond donors (Lipinski definition) is 2. The van der Waals surface area contributed by atoms with Gasteiger partial charge in [-0.15, -0.1) is 0 Å². The molecule has 0 aliphatic heterocycles. The molecule has 4 heteroatoms. The van der Waals surface area contributed by atoms with Gasteiger partial charge in [0, 0.05) is 5.56 Å². The zero-order valence-corrected chi connectivity index (χ0v) is 9.43. The van der Waals surface area contributed by atoms with Gasteiger partial charge in [-0.3, -0.25) is 4.79 Å². The van der Waals surface area contributed by atoms with Crippen molar-refractivity contribution in [1.82, 2.24) is 0 Å². The Labute approximate surface area is 94.5 Å². The molecule has 0 aromatic heterocycles. The zero-order chi connectivity index (χ0) is 12.1. The van der Waals surface area contributed by atoms with Gasteiger partial charge in [0.2, 0.25) is 0 Å². The van der Waals surface area contributed by atoms with E-state index in [-0.39, 0.29) is 18.3 Å². The Bertz CT molecular complexity index is 371. The third kappa shape index (κ3) is 3.90. The molecular weight excluding hydrogens is 208 g/mol. The lowest BCUT2D eigenvalue weighted by molar-refractivity contribution is -0.136. The lowest BCUT2D eigenvalue weighted by atomic mass is 10.1. The Morgan fingerprint density at radius 1 is 1.44 bits per heavy atom. The van der Waals surface area contributed by atoms with Gasteiger partial charge < -0.3 is 14.9 Å². The molecule has 16 heavy (non-hydrogen) atoms. The van der Waals surface area contributed by atoms with Crippen molar-refractivity contribution in [3.8, 4) is 5.75 Å². The van der Waals surface area contributed by atoms with E-state index >= 15 is 0 Å². The first-order valence-electron chi connectivity index (χ1n) is 5.13. The first-order valence-corrected chi connectivity index (χ1v) is 5.13. The van der Waals surface area contributed by atoms with Crippen molar-refractivity contribution < 1.29 is 19.7 Å². The number of carbonyl (C=O) groups is 1. The fraction of sp³-hybridized carbons (Fsp3) is 0.417. The van der Waals surface area contributed by atoms with E-state index < -0.39 is 5.97 Å². The minimum Gasteiger partial charge on any atom is -0.508 e. The van der Waals surface area contributed by atoms with Gasteiger partial charge in [-0.1, -0.05) is 12.1 Å². The third-order valence-electron chi connectivity index (χ3n) is 2.07. The van der Waals surface area contributed by atoms with Crippen LogP contribution in [0.25, 0.3) is 0 Å². The van der Waals surface area contributed by atoms with E-state index in [0.717, 1.165) is 5.56 Å². The van der Waals surface area contributed by atoms with Crippen molar-refractivity contribution in [1.29, 1.82) is 0 Å². The number of phenols is 1. The standard InChI is InChI=1S/C12H16O4/c1-8(2)16-7-9-3-4-10(6-12(14)15)11(13)5-9/h3-5,8,13H,6-7H2,1-2H3,(H,14,15). The number of phenolic OH excluding ortho intramolecular Hbond substituents is 1. The normalized spacial score (nSPS) is 10.7. The van der Waals surface area contributed by atoms with E-state index in [1.165, 1.54) is 0 Å². The molecule has 0 heterocycles. The van der Waals surface area contributed by atoms with E-state index in [0.29, 0.717) is 12.2 Å². The van der Waals surface area contributed by atoms with Crippen molar-refractivity contribution in [3.05, 3.63) is 29.3 Å². The van der Waals surface area contributed by atoms with Crippen molar-refractivity contribution in [2.45, 2.75) is 33.0 Å². The molecule has 2 N–H and O–H groups in total. The van der Waals surface area contributed by atoms with Gasteiger partial charge in [-0.05, 0) is 25.5 Å². The summed E-state index contributed by atoms with van der Waals surface area (Å²) in [5.74, 6) is -0.950. The van der Waals surface area contributed by atoms with Gasteiger partial charge in [0.25, 0.3) is 0 Å². The van der Waals surface area contributed by atoms with Gasteiger partial charge >= 0.3 is 5.97 Å². The molecule has 1 aromatic carbocycles. The molecule has 0 radical (unpaired) electrons. The smallest absolute Gasteiger partial charge is 0.307 e. The molecule has 0 unspecified atom stereocenters. The summed E-state index contributed by atoms with van der Waals surface area (Å²) in [6.07, 6.45) is -0.0437. The molecule has 0 saturated heterocycles. The van der Waals surface area contributed by atoms with E-state index in [2.05, 4.69) is 0 Å². The van der Waals surface area contributed by atoms with E-state index in [9.17, 15) is 9.90 Å². The number of rotatable bonds is 5. The fourth-order valence-electron chi connectivity index (χ4n) is 1.27. The highest BCUT2D eigenvalue weighted by molar-refractivity contribution is 5.71. The summed E-state index contributed by atoms with van der Waals surface area (Å²) < 4.78 is 5.38. The van der Waals surface area contributed by atoms with Crippen LogP contribution in [0.1, 0.15) is 25.0 Å². The summed E-state index contributed by atoms with van der Waals surface area (Å²) in [6.45, 7) is 4.27. The van der Waals surface area contributed by atoms with Crippen LogP contribution in [0, 0.1) is 0 Å². The second-order valence-electron chi connectivity index (χ2n) is 3.89. The molecule has 4 nitrogen and oxygen atoms in total. The maximum Gasteiger partial charge on any atom is 0.307 e. The number of aliphatic carboxylic acids is 1. The zero-order valence-electron chi connectivity index (χ0n) is 9.43. The SMILES string of the molecule is CC(C)OCc1ccc(CC(=O)O)c(O)c1. The Balaban J connectivity index is 2.70. The summed E-state index contributed by atoms with van der Waals surface area (Å²) in [7, 11) is 0. The van der Waals surface area contributed by atoms with Crippen LogP contribution in [0.5, 0.6) is 5.75 Å². The van der Waals surface area contributed by atoms with Crippen LogP contribution in [-0.4, -0.2) is 22.3 Å². The number of hydrogen-bond acceptors (Lipinski definition) is 3. The first kappa shape index (κ1) is 12.5. The maximum atomic E-state index is 10.5.